The maximum absolute atomic E-state index is 6.81. The van der Waals surface area contributed by atoms with Crippen molar-refractivity contribution in [3.63, 3.8) is 0 Å². The van der Waals surface area contributed by atoms with Gasteiger partial charge in [-0.3, -0.25) is 0 Å². The molecule has 3 atom stereocenters. The highest BCUT2D eigenvalue weighted by molar-refractivity contribution is 5.45. The third-order valence-corrected chi connectivity index (χ3v) is 4.93. The van der Waals surface area contributed by atoms with Crippen LogP contribution >= 0.6 is 0 Å². The number of methoxy groups -OCH3 is 1. The van der Waals surface area contributed by atoms with Crippen molar-refractivity contribution in [3.05, 3.63) is 28.8 Å². The average molecular weight is 261 g/mol. The van der Waals surface area contributed by atoms with Gasteiger partial charge in [0, 0.05) is 5.54 Å². The van der Waals surface area contributed by atoms with Crippen LogP contribution in [0.1, 0.15) is 49.8 Å². The molecular weight excluding hydrogens is 234 g/mol. The summed E-state index contributed by atoms with van der Waals surface area (Å²) in [6, 6.07) is 4.37. The summed E-state index contributed by atoms with van der Waals surface area (Å²) in [5.74, 6) is 2.29. The molecule has 0 aromatic heterocycles. The number of ether oxygens (including phenoxy) is 1. The van der Waals surface area contributed by atoms with Gasteiger partial charge in [0.05, 0.1) is 7.11 Å². The van der Waals surface area contributed by atoms with Gasteiger partial charge in [0.1, 0.15) is 5.75 Å². The lowest BCUT2D eigenvalue weighted by atomic mass is 9.66. The van der Waals surface area contributed by atoms with Crippen LogP contribution in [-0.2, 0) is 5.54 Å². The molecule has 19 heavy (non-hydrogen) atoms. The molecule has 0 saturated heterocycles. The summed E-state index contributed by atoms with van der Waals surface area (Å²) in [7, 11) is 1.73. The maximum Gasteiger partial charge on any atom is 0.122 e. The highest BCUT2D eigenvalue weighted by Gasteiger charge is 2.39. The predicted octanol–water partition coefficient (Wildman–Crippen LogP) is 3.92. The largest absolute Gasteiger partial charge is 0.496 e. The Hall–Kier alpha value is -1.02. The molecule has 106 valence electrons. The van der Waals surface area contributed by atoms with E-state index in [1.54, 1.807) is 7.11 Å². The fourth-order valence-corrected chi connectivity index (χ4v) is 3.57. The second kappa shape index (κ2) is 5.16. The molecular formula is C17H27NO. The fourth-order valence-electron chi connectivity index (χ4n) is 3.57. The molecule has 0 amide bonds. The van der Waals surface area contributed by atoms with E-state index in [9.17, 15) is 0 Å². The van der Waals surface area contributed by atoms with Gasteiger partial charge in [-0.25, -0.2) is 0 Å². The number of benzene rings is 1. The first-order valence-corrected chi connectivity index (χ1v) is 7.33. The molecule has 1 aliphatic rings. The molecule has 1 aromatic carbocycles. The minimum absolute atomic E-state index is 0.173. The van der Waals surface area contributed by atoms with E-state index >= 15 is 0 Å². The SMILES string of the molecule is COc1cc(C)c(C2(N)CCC(C)CC2C)cc1C. The molecule has 2 N–H and O–H groups in total. The van der Waals surface area contributed by atoms with Gasteiger partial charge in [-0.05, 0) is 67.7 Å². The van der Waals surface area contributed by atoms with Crippen LogP contribution in [0, 0.1) is 25.7 Å². The third kappa shape index (κ3) is 2.51. The van der Waals surface area contributed by atoms with Crippen LogP contribution in [0.4, 0.5) is 0 Å². The third-order valence-electron chi connectivity index (χ3n) is 4.93. The quantitative estimate of drug-likeness (QED) is 0.875. The number of rotatable bonds is 2. The molecule has 0 bridgehead atoms. The average Bonchev–Trinajstić information content (AvgIpc) is 2.36. The number of aryl methyl sites for hydroxylation is 2. The summed E-state index contributed by atoms with van der Waals surface area (Å²) in [6.07, 6.45) is 3.54. The van der Waals surface area contributed by atoms with Crippen LogP contribution in [0.2, 0.25) is 0 Å². The second-order valence-corrected chi connectivity index (χ2v) is 6.46. The lowest BCUT2D eigenvalue weighted by Gasteiger charge is -2.43. The van der Waals surface area contributed by atoms with Gasteiger partial charge in [-0.1, -0.05) is 19.9 Å². The first-order chi connectivity index (χ1) is 8.88. The van der Waals surface area contributed by atoms with E-state index in [2.05, 4.69) is 39.8 Å². The molecule has 2 rings (SSSR count). The van der Waals surface area contributed by atoms with Gasteiger partial charge < -0.3 is 10.5 Å². The van der Waals surface area contributed by atoms with Crippen molar-refractivity contribution in [2.24, 2.45) is 17.6 Å². The lowest BCUT2D eigenvalue weighted by Crippen LogP contribution is -2.47. The van der Waals surface area contributed by atoms with Crippen molar-refractivity contribution < 1.29 is 4.74 Å². The first kappa shape index (κ1) is 14.4. The smallest absolute Gasteiger partial charge is 0.122 e. The molecule has 1 saturated carbocycles. The highest BCUT2D eigenvalue weighted by Crippen LogP contribution is 2.43. The Morgan fingerprint density at radius 1 is 1.21 bits per heavy atom. The minimum Gasteiger partial charge on any atom is -0.496 e. The Morgan fingerprint density at radius 3 is 2.47 bits per heavy atom. The van der Waals surface area contributed by atoms with Crippen LogP contribution < -0.4 is 10.5 Å². The molecule has 0 radical (unpaired) electrons. The van der Waals surface area contributed by atoms with Crippen LogP contribution in [0.5, 0.6) is 5.75 Å². The number of nitrogens with two attached hydrogens (primary N) is 1. The Bertz CT molecular complexity index is 469. The summed E-state index contributed by atoms with van der Waals surface area (Å²) in [6.45, 7) is 8.88. The Balaban J connectivity index is 2.43. The van der Waals surface area contributed by atoms with Crippen LogP contribution in [0.15, 0.2) is 12.1 Å². The summed E-state index contributed by atoms with van der Waals surface area (Å²) < 4.78 is 5.40. The molecule has 1 aromatic rings. The van der Waals surface area contributed by atoms with E-state index in [-0.39, 0.29) is 5.54 Å². The van der Waals surface area contributed by atoms with Crippen molar-refractivity contribution in [2.75, 3.05) is 7.11 Å². The monoisotopic (exact) mass is 261 g/mol. The Kier molecular flexibility index (Phi) is 3.91. The summed E-state index contributed by atoms with van der Waals surface area (Å²) in [4.78, 5) is 0. The van der Waals surface area contributed by atoms with Crippen molar-refractivity contribution in [3.8, 4) is 5.75 Å². The van der Waals surface area contributed by atoms with E-state index in [0.717, 1.165) is 18.1 Å². The molecule has 2 heteroatoms. The van der Waals surface area contributed by atoms with Gasteiger partial charge in [0.25, 0.3) is 0 Å². The maximum atomic E-state index is 6.81. The topological polar surface area (TPSA) is 35.2 Å². The van der Waals surface area contributed by atoms with Gasteiger partial charge in [0.2, 0.25) is 0 Å². The molecule has 0 heterocycles. The van der Waals surface area contributed by atoms with E-state index < -0.39 is 0 Å². The van der Waals surface area contributed by atoms with E-state index in [4.69, 9.17) is 10.5 Å². The summed E-state index contributed by atoms with van der Waals surface area (Å²) in [5, 5.41) is 0. The predicted molar refractivity (Wildman–Crippen MR) is 80.5 cm³/mol. The van der Waals surface area contributed by atoms with Crippen LogP contribution in [0.3, 0.4) is 0 Å². The van der Waals surface area contributed by atoms with E-state index in [1.165, 1.54) is 29.5 Å². The standard InChI is InChI=1S/C17H27NO/c1-11-6-7-17(18,14(4)8-11)15-9-13(3)16(19-5)10-12(15)2/h9-11,14H,6-8,18H2,1-5H3. The second-order valence-electron chi connectivity index (χ2n) is 6.46. The zero-order valence-electron chi connectivity index (χ0n) is 12.9. The van der Waals surface area contributed by atoms with Crippen molar-refractivity contribution in [1.82, 2.24) is 0 Å². The number of hydrogen-bond donors (Lipinski definition) is 1. The summed E-state index contributed by atoms with van der Waals surface area (Å²) >= 11 is 0. The molecule has 2 nitrogen and oxygen atoms in total. The number of hydrogen-bond acceptors (Lipinski definition) is 2. The molecule has 1 aliphatic carbocycles. The van der Waals surface area contributed by atoms with E-state index in [0.29, 0.717) is 5.92 Å². The van der Waals surface area contributed by atoms with Crippen LogP contribution in [-0.4, -0.2) is 7.11 Å². The summed E-state index contributed by atoms with van der Waals surface area (Å²) in [5.41, 5.74) is 10.4. The Labute approximate surface area is 117 Å². The molecule has 0 aliphatic heterocycles. The van der Waals surface area contributed by atoms with Gasteiger partial charge in [-0.2, -0.15) is 0 Å². The Morgan fingerprint density at radius 2 is 1.89 bits per heavy atom. The van der Waals surface area contributed by atoms with Gasteiger partial charge in [-0.15, -0.1) is 0 Å². The minimum atomic E-state index is -0.173. The lowest BCUT2D eigenvalue weighted by molar-refractivity contribution is 0.164. The van der Waals surface area contributed by atoms with Gasteiger partial charge in [0.15, 0.2) is 0 Å². The van der Waals surface area contributed by atoms with Crippen molar-refractivity contribution in [1.29, 1.82) is 0 Å². The molecule has 1 fully saturated rings. The molecule has 3 unspecified atom stereocenters. The zero-order chi connectivity index (χ0) is 14.2. The van der Waals surface area contributed by atoms with Crippen molar-refractivity contribution >= 4 is 0 Å². The fraction of sp³-hybridized carbons (Fsp3) is 0.647. The highest BCUT2D eigenvalue weighted by atomic mass is 16.5. The first-order valence-electron chi connectivity index (χ1n) is 7.33. The zero-order valence-corrected chi connectivity index (χ0v) is 12.9. The van der Waals surface area contributed by atoms with E-state index in [1.807, 2.05) is 0 Å². The normalized spacial score (nSPS) is 31.3. The van der Waals surface area contributed by atoms with Crippen LogP contribution in [0.25, 0.3) is 0 Å². The van der Waals surface area contributed by atoms with Gasteiger partial charge >= 0.3 is 0 Å². The molecule has 0 spiro atoms. The van der Waals surface area contributed by atoms with Crippen molar-refractivity contribution in [2.45, 2.75) is 52.5 Å².